The molecular weight excluding hydrogens is 248 g/mol. The average molecular weight is 266 g/mol. The highest BCUT2D eigenvalue weighted by Crippen LogP contribution is 2.27. The monoisotopic (exact) mass is 266 g/mol. The Hall–Kier alpha value is -2.36. The molecule has 0 aliphatic carbocycles. The lowest BCUT2D eigenvalue weighted by atomic mass is 10.1. The van der Waals surface area contributed by atoms with Gasteiger partial charge in [0.25, 0.3) is 0 Å². The van der Waals surface area contributed by atoms with Crippen LogP contribution in [0.3, 0.4) is 0 Å². The fourth-order valence-corrected chi connectivity index (χ4v) is 2.57. The van der Waals surface area contributed by atoms with E-state index in [1.54, 1.807) is 12.4 Å². The second-order valence-electron chi connectivity index (χ2n) is 5.06. The van der Waals surface area contributed by atoms with Crippen LogP contribution in [0.4, 0.5) is 5.69 Å². The third-order valence-corrected chi connectivity index (χ3v) is 3.63. The maximum absolute atomic E-state index is 4.43. The summed E-state index contributed by atoms with van der Waals surface area (Å²) in [6.45, 7) is 4.10. The standard InChI is InChI=1S/C16H18N4/c1-11-16(18-9-8-17-11)12(2)19-14-5-4-6-15-13(14)7-10-20(15)3/h4-10,12,19H,1-3H3. The van der Waals surface area contributed by atoms with Gasteiger partial charge in [0.2, 0.25) is 0 Å². The minimum absolute atomic E-state index is 0.120. The lowest BCUT2D eigenvalue weighted by molar-refractivity contribution is 0.811. The van der Waals surface area contributed by atoms with Gasteiger partial charge >= 0.3 is 0 Å². The zero-order chi connectivity index (χ0) is 14.1. The Labute approximate surface area is 118 Å². The molecule has 3 aromatic rings. The number of hydrogen-bond acceptors (Lipinski definition) is 3. The van der Waals surface area contributed by atoms with Crippen molar-refractivity contribution in [2.45, 2.75) is 19.9 Å². The number of aromatic nitrogens is 3. The van der Waals surface area contributed by atoms with Crippen LogP contribution in [0.2, 0.25) is 0 Å². The van der Waals surface area contributed by atoms with Crippen molar-refractivity contribution in [3.8, 4) is 0 Å². The molecule has 4 nitrogen and oxygen atoms in total. The fourth-order valence-electron chi connectivity index (χ4n) is 2.57. The molecule has 0 radical (unpaired) electrons. The molecule has 1 atom stereocenters. The molecule has 1 aromatic carbocycles. The molecule has 0 aliphatic rings. The molecule has 0 aliphatic heterocycles. The molecule has 0 bridgehead atoms. The molecule has 4 heteroatoms. The number of hydrogen-bond donors (Lipinski definition) is 1. The van der Waals surface area contributed by atoms with Crippen LogP contribution in [0.5, 0.6) is 0 Å². The molecule has 0 fully saturated rings. The van der Waals surface area contributed by atoms with Crippen molar-refractivity contribution >= 4 is 16.6 Å². The van der Waals surface area contributed by atoms with Gasteiger partial charge in [-0.1, -0.05) is 6.07 Å². The van der Waals surface area contributed by atoms with Gasteiger partial charge in [-0.3, -0.25) is 9.97 Å². The van der Waals surface area contributed by atoms with E-state index in [1.165, 1.54) is 10.9 Å². The average Bonchev–Trinajstić information content (AvgIpc) is 2.82. The first-order valence-corrected chi connectivity index (χ1v) is 6.75. The van der Waals surface area contributed by atoms with Gasteiger partial charge in [0.1, 0.15) is 0 Å². The minimum atomic E-state index is 0.120. The molecule has 1 N–H and O–H groups in total. The lowest BCUT2D eigenvalue weighted by Gasteiger charge is -2.17. The smallest absolute Gasteiger partial charge is 0.0835 e. The normalized spacial score (nSPS) is 12.6. The molecule has 102 valence electrons. The zero-order valence-electron chi connectivity index (χ0n) is 12.0. The van der Waals surface area contributed by atoms with Crippen molar-refractivity contribution < 1.29 is 0 Å². The Bertz CT molecular complexity index is 745. The van der Waals surface area contributed by atoms with Gasteiger partial charge < -0.3 is 9.88 Å². The van der Waals surface area contributed by atoms with E-state index in [0.717, 1.165) is 17.1 Å². The molecule has 1 unspecified atom stereocenters. The van der Waals surface area contributed by atoms with Gasteiger partial charge in [-0.25, -0.2) is 0 Å². The van der Waals surface area contributed by atoms with Crippen molar-refractivity contribution in [3.63, 3.8) is 0 Å². The van der Waals surface area contributed by atoms with Crippen LogP contribution >= 0.6 is 0 Å². The highest BCUT2D eigenvalue weighted by molar-refractivity contribution is 5.92. The number of rotatable bonds is 3. The molecule has 0 amide bonds. The summed E-state index contributed by atoms with van der Waals surface area (Å²) in [5.41, 5.74) is 4.30. The molecule has 20 heavy (non-hydrogen) atoms. The van der Waals surface area contributed by atoms with Crippen LogP contribution in [-0.4, -0.2) is 14.5 Å². The van der Waals surface area contributed by atoms with Gasteiger partial charge in [-0.2, -0.15) is 0 Å². The Kier molecular flexibility index (Phi) is 3.14. The molecule has 3 rings (SSSR count). The lowest BCUT2D eigenvalue weighted by Crippen LogP contribution is -2.11. The Balaban J connectivity index is 1.95. The predicted octanol–water partition coefficient (Wildman–Crippen LogP) is 3.45. The Morgan fingerprint density at radius 3 is 2.75 bits per heavy atom. The number of fused-ring (bicyclic) bond motifs is 1. The molecule has 0 spiro atoms. The number of benzene rings is 1. The summed E-state index contributed by atoms with van der Waals surface area (Å²) in [5, 5.41) is 4.76. The van der Waals surface area contributed by atoms with Gasteiger partial charge in [0.15, 0.2) is 0 Å². The first-order valence-electron chi connectivity index (χ1n) is 6.75. The first-order chi connectivity index (χ1) is 9.66. The summed E-state index contributed by atoms with van der Waals surface area (Å²) in [6, 6.07) is 8.55. The van der Waals surface area contributed by atoms with Crippen LogP contribution < -0.4 is 5.32 Å². The van der Waals surface area contributed by atoms with Crippen molar-refractivity contribution in [1.82, 2.24) is 14.5 Å². The van der Waals surface area contributed by atoms with Crippen LogP contribution in [0, 0.1) is 6.92 Å². The highest BCUT2D eigenvalue weighted by Gasteiger charge is 2.12. The summed E-state index contributed by atoms with van der Waals surface area (Å²) in [5.74, 6) is 0. The molecule has 2 aromatic heterocycles. The second kappa shape index (κ2) is 4.96. The second-order valence-corrected chi connectivity index (χ2v) is 5.06. The number of nitrogens with one attached hydrogen (secondary N) is 1. The summed E-state index contributed by atoms with van der Waals surface area (Å²) in [7, 11) is 2.06. The third-order valence-electron chi connectivity index (χ3n) is 3.63. The summed E-state index contributed by atoms with van der Waals surface area (Å²) in [4.78, 5) is 8.73. The van der Waals surface area contributed by atoms with E-state index in [0.29, 0.717) is 0 Å². The summed E-state index contributed by atoms with van der Waals surface area (Å²) in [6.07, 6.45) is 5.54. The number of nitrogens with zero attached hydrogens (tertiary/aromatic N) is 3. The van der Waals surface area contributed by atoms with E-state index in [4.69, 9.17) is 0 Å². The van der Waals surface area contributed by atoms with E-state index in [1.807, 2.05) is 6.92 Å². The zero-order valence-corrected chi connectivity index (χ0v) is 12.0. The van der Waals surface area contributed by atoms with Gasteiger partial charge in [-0.05, 0) is 32.0 Å². The first kappa shape index (κ1) is 12.7. The van der Waals surface area contributed by atoms with Crippen LogP contribution in [0.15, 0.2) is 42.9 Å². The predicted molar refractivity (Wildman–Crippen MR) is 81.7 cm³/mol. The van der Waals surface area contributed by atoms with Gasteiger partial charge in [0, 0.05) is 42.2 Å². The van der Waals surface area contributed by atoms with E-state index in [-0.39, 0.29) is 6.04 Å². The quantitative estimate of drug-likeness (QED) is 0.789. The van der Waals surface area contributed by atoms with E-state index in [9.17, 15) is 0 Å². The van der Waals surface area contributed by atoms with Gasteiger partial charge in [0.05, 0.1) is 17.4 Å². The van der Waals surface area contributed by atoms with Crippen molar-refractivity contribution in [2.75, 3.05) is 5.32 Å². The van der Waals surface area contributed by atoms with E-state index < -0.39 is 0 Å². The maximum atomic E-state index is 4.43. The van der Waals surface area contributed by atoms with Crippen molar-refractivity contribution in [1.29, 1.82) is 0 Å². The summed E-state index contributed by atoms with van der Waals surface area (Å²) >= 11 is 0. The molecule has 0 saturated heterocycles. The Morgan fingerprint density at radius 2 is 1.95 bits per heavy atom. The maximum Gasteiger partial charge on any atom is 0.0835 e. The van der Waals surface area contributed by atoms with Crippen molar-refractivity contribution in [3.05, 3.63) is 54.2 Å². The van der Waals surface area contributed by atoms with Crippen LogP contribution in [-0.2, 0) is 7.05 Å². The fraction of sp³-hybridized carbons (Fsp3) is 0.250. The topological polar surface area (TPSA) is 42.7 Å². The molecule has 2 heterocycles. The largest absolute Gasteiger partial charge is 0.376 e. The Morgan fingerprint density at radius 1 is 1.15 bits per heavy atom. The highest BCUT2D eigenvalue weighted by atomic mass is 15.0. The van der Waals surface area contributed by atoms with E-state index >= 15 is 0 Å². The van der Waals surface area contributed by atoms with Crippen LogP contribution in [0.1, 0.15) is 24.4 Å². The minimum Gasteiger partial charge on any atom is -0.376 e. The van der Waals surface area contributed by atoms with E-state index in [2.05, 4.69) is 64.3 Å². The van der Waals surface area contributed by atoms with Gasteiger partial charge in [-0.15, -0.1) is 0 Å². The third kappa shape index (κ3) is 2.13. The number of anilines is 1. The summed E-state index contributed by atoms with van der Waals surface area (Å²) < 4.78 is 2.12. The molecular formula is C16H18N4. The number of aryl methyl sites for hydroxylation is 2. The van der Waals surface area contributed by atoms with Crippen molar-refractivity contribution in [2.24, 2.45) is 7.05 Å². The molecule has 0 saturated carbocycles. The van der Waals surface area contributed by atoms with Crippen LogP contribution in [0.25, 0.3) is 10.9 Å². The SMILES string of the molecule is Cc1nccnc1C(C)Nc1cccc2c1ccn2C.